The van der Waals surface area contributed by atoms with Gasteiger partial charge >= 0.3 is 6.09 Å². The van der Waals surface area contributed by atoms with E-state index in [1.54, 1.807) is 24.4 Å². The summed E-state index contributed by atoms with van der Waals surface area (Å²) in [7, 11) is 3.79. The minimum absolute atomic E-state index is 0.327. The Morgan fingerprint density at radius 3 is 2.65 bits per heavy atom. The molecule has 0 unspecified atom stereocenters. The third-order valence-corrected chi connectivity index (χ3v) is 7.95. The zero-order valence-corrected chi connectivity index (χ0v) is 26.0. The first kappa shape index (κ1) is 28.9. The van der Waals surface area contributed by atoms with Gasteiger partial charge in [0.25, 0.3) is 0 Å². The highest BCUT2D eigenvalue weighted by Gasteiger charge is 2.32. The molecule has 2 aromatic heterocycles. The third-order valence-electron chi connectivity index (χ3n) is 7.64. The molecule has 1 N–H and O–H groups in total. The molecule has 10 nitrogen and oxygen atoms in total. The second-order valence-electron chi connectivity index (χ2n) is 11.9. The number of halogens is 1. The fraction of sp³-hybridized carbons (Fsp3) is 0.375. The van der Waals surface area contributed by atoms with Gasteiger partial charge in [0.15, 0.2) is 0 Å². The lowest BCUT2D eigenvalue weighted by Crippen LogP contribution is -2.42. The lowest BCUT2D eigenvalue weighted by molar-refractivity contribution is 0.0566. The van der Waals surface area contributed by atoms with Crippen LogP contribution in [-0.4, -0.2) is 65.4 Å². The Kier molecular flexibility index (Phi) is 7.52. The maximum atomic E-state index is 13.1. The van der Waals surface area contributed by atoms with Crippen molar-refractivity contribution in [2.24, 2.45) is 0 Å². The number of carbonyl (C=O) groups is 1. The highest BCUT2D eigenvalue weighted by atomic mass is 35.5. The van der Waals surface area contributed by atoms with E-state index in [1.807, 2.05) is 39.8 Å². The van der Waals surface area contributed by atoms with E-state index in [2.05, 4.69) is 39.4 Å². The van der Waals surface area contributed by atoms with E-state index in [4.69, 9.17) is 30.8 Å². The van der Waals surface area contributed by atoms with Gasteiger partial charge in [0.1, 0.15) is 23.6 Å². The van der Waals surface area contributed by atoms with Gasteiger partial charge in [-0.1, -0.05) is 11.6 Å². The van der Waals surface area contributed by atoms with Crippen molar-refractivity contribution in [2.45, 2.75) is 46.3 Å². The average molecular weight is 603 g/mol. The molecule has 0 saturated carbocycles. The molecule has 2 aliphatic rings. The number of anilines is 3. The van der Waals surface area contributed by atoms with E-state index in [-0.39, 0.29) is 0 Å². The van der Waals surface area contributed by atoms with Crippen LogP contribution in [0.15, 0.2) is 36.7 Å². The predicted octanol–water partition coefficient (Wildman–Crippen LogP) is 6.53. The summed E-state index contributed by atoms with van der Waals surface area (Å²) < 4.78 is 17.2. The normalized spacial score (nSPS) is 15.0. The Morgan fingerprint density at radius 2 is 1.88 bits per heavy atom. The van der Waals surface area contributed by atoms with Crippen LogP contribution in [0.5, 0.6) is 11.6 Å². The second-order valence-corrected chi connectivity index (χ2v) is 12.4. The standard InChI is InChI=1S/C32H35ClN6O4/c1-18-23(16-34-29-28(18)39(9-10-42-29)31(40)43-32(2,3)4)22-14-25-20(11-24(22)33)15-35-30(36-25)37-26-12-21-17-38(5)8-7-19(21)13-27(26)41-6/h11-16H,7-10,17H2,1-6H3,(H,35,36,37). The van der Waals surface area contributed by atoms with Gasteiger partial charge in [-0.05, 0) is 82.1 Å². The lowest BCUT2D eigenvalue weighted by atomic mass is 9.99. The quantitative estimate of drug-likeness (QED) is 0.279. The molecule has 4 heterocycles. The summed E-state index contributed by atoms with van der Waals surface area (Å²) >= 11 is 6.81. The highest BCUT2D eigenvalue weighted by Crippen LogP contribution is 2.42. The molecule has 2 aliphatic heterocycles. The number of aromatic nitrogens is 3. The molecular weight excluding hydrogens is 568 g/mol. The number of ether oxygens (including phenoxy) is 3. The largest absolute Gasteiger partial charge is 0.495 e. The molecule has 0 spiro atoms. The molecule has 0 radical (unpaired) electrons. The van der Waals surface area contributed by atoms with E-state index >= 15 is 0 Å². The van der Waals surface area contributed by atoms with Gasteiger partial charge in [-0.2, -0.15) is 0 Å². The summed E-state index contributed by atoms with van der Waals surface area (Å²) in [6.07, 6.45) is 4.00. The number of hydrogen-bond donors (Lipinski definition) is 1. The molecule has 4 aromatic rings. The van der Waals surface area contributed by atoms with Gasteiger partial charge < -0.3 is 24.4 Å². The topological polar surface area (TPSA) is 102 Å². The van der Waals surface area contributed by atoms with Crippen molar-refractivity contribution in [2.75, 3.05) is 44.1 Å². The second kappa shape index (κ2) is 11.2. The van der Waals surface area contributed by atoms with E-state index in [9.17, 15) is 4.79 Å². The molecule has 6 rings (SSSR count). The van der Waals surface area contributed by atoms with E-state index in [1.165, 1.54) is 11.1 Å². The Labute approximate surface area is 255 Å². The number of benzene rings is 2. The molecule has 0 saturated heterocycles. The van der Waals surface area contributed by atoms with E-state index in [0.29, 0.717) is 41.2 Å². The number of nitrogens with one attached hydrogen (secondary N) is 1. The molecule has 2 aromatic carbocycles. The van der Waals surface area contributed by atoms with Crippen LogP contribution >= 0.6 is 11.6 Å². The molecular formula is C32H35ClN6O4. The van der Waals surface area contributed by atoms with Gasteiger partial charge in [-0.3, -0.25) is 4.90 Å². The Hall–Kier alpha value is -4.15. The summed E-state index contributed by atoms with van der Waals surface area (Å²) in [6.45, 7) is 10.0. The molecule has 1 amide bonds. The van der Waals surface area contributed by atoms with Crippen molar-refractivity contribution in [1.29, 1.82) is 0 Å². The van der Waals surface area contributed by atoms with Crippen LogP contribution in [0.25, 0.3) is 22.0 Å². The first-order valence-corrected chi connectivity index (χ1v) is 14.6. The molecule has 0 aliphatic carbocycles. The monoisotopic (exact) mass is 602 g/mol. The minimum Gasteiger partial charge on any atom is -0.495 e. The Balaban J connectivity index is 1.37. The SMILES string of the molecule is COc1cc2c(cc1Nc1ncc3cc(Cl)c(-c4cnc5c(c4C)N(C(=O)OC(C)(C)C)CCO5)cc3n1)CN(C)CC2. The van der Waals surface area contributed by atoms with Gasteiger partial charge in [-0.15, -0.1) is 0 Å². The Morgan fingerprint density at radius 1 is 1.07 bits per heavy atom. The van der Waals surface area contributed by atoms with Crippen molar-refractivity contribution in [3.05, 3.63) is 58.4 Å². The van der Waals surface area contributed by atoms with Crippen LogP contribution < -0.4 is 19.7 Å². The summed E-state index contributed by atoms with van der Waals surface area (Å²) in [6, 6.07) is 7.97. The van der Waals surface area contributed by atoms with Gasteiger partial charge in [0, 0.05) is 47.0 Å². The number of amides is 1. The minimum atomic E-state index is -0.638. The van der Waals surface area contributed by atoms with Crippen molar-refractivity contribution < 1.29 is 19.0 Å². The van der Waals surface area contributed by atoms with Crippen molar-refractivity contribution in [1.82, 2.24) is 19.9 Å². The molecule has 0 fully saturated rings. The van der Waals surface area contributed by atoms with Crippen LogP contribution in [-0.2, 0) is 17.7 Å². The van der Waals surface area contributed by atoms with Gasteiger partial charge in [0.05, 0.1) is 24.9 Å². The van der Waals surface area contributed by atoms with Crippen LogP contribution in [0.1, 0.15) is 37.5 Å². The summed E-state index contributed by atoms with van der Waals surface area (Å²) in [4.78, 5) is 30.9. The van der Waals surface area contributed by atoms with Crippen LogP contribution in [0.3, 0.4) is 0 Å². The fourth-order valence-corrected chi connectivity index (χ4v) is 5.82. The maximum absolute atomic E-state index is 13.1. The van der Waals surface area contributed by atoms with Crippen molar-refractivity contribution in [3.8, 4) is 22.8 Å². The maximum Gasteiger partial charge on any atom is 0.415 e. The molecule has 0 atom stereocenters. The lowest BCUT2D eigenvalue weighted by Gasteiger charge is -2.32. The van der Waals surface area contributed by atoms with Crippen molar-refractivity contribution in [3.63, 3.8) is 0 Å². The number of pyridine rings is 1. The van der Waals surface area contributed by atoms with Crippen LogP contribution in [0.4, 0.5) is 22.1 Å². The summed E-state index contributed by atoms with van der Waals surface area (Å²) in [5.74, 6) is 1.57. The first-order valence-electron chi connectivity index (χ1n) is 14.3. The zero-order chi connectivity index (χ0) is 30.5. The highest BCUT2D eigenvalue weighted by molar-refractivity contribution is 6.34. The molecule has 0 bridgehead atoms. The van der Waals surface area contributed by atoms with E-state index in [0.717, 1.165) is 53.0 Å². The number of nitrogens with zero attached hydrogens (tertiary/aromatic N) is 5. The van der Waals surface area contributed by atoms with Gasteiger partial charge in [0.2, 0.25) is 11.8 Å². The molecule has 43 heavy (non-hydrogen) atoms. The predicted molar refractivity (Wildman–Crippen MR) is 168 cm³/mol. The fourth-order valence-electron chi connectivity index (χ4n) is 5.54. The number of hydrogen-bond acceptors (Lipinski definition) is 9. The van der Waals surface area contributed by atoms with Gasteiger partial charge in [-0.25, -0.2) is 19.7 Å². The number of fused-ring (bicyclic) bond motifs is 3. The first-order chi connectivity index (χ1) is 20.5. The van der Waals surface area contributed by atoms with Crippen LogP contribution in [0, 0.1) is 6.92 Å². The van der Waals surface area contributed by atoms with E-state index < -0.39 is 11.7 Å². The summed E-state index contributed by atoms with van der Waals surface area (Å²) in [5.41, 5.74) is 6.29. The molecule has 11 heteroatoms. The number of likely N-dealkylation sites (N-methyl/N-ethyl adjacent to an activating group) is 1. The summed E-state index contributed by atoms with van der Waals surface area (Å²) in [5, 5.41) is 4.67. The number of rotatable bonds is 4. The molecule has 224 valence electrons. The third kappa shape index (κ3) is 5.77. The van der Waals surface area contributed by atoms with Crippen molar-refractivity contribution >= 4 is 45.9 Å². The zero-order valence-electron chi connectivity index (χ0n) is 25.2. The Bertz CT molecular complexity index is 1740. The smallest absolute Gasteiger partial charge is 0.415 e. The number of methoxy groups -OCH3 is 1. The average Bonchev–Trinajstić information content (AvgIpc) is 2.96. The number of carbonyl (C=O) groups excluding carboxylic acids is 1. The van der Waals surface area contributed by atoms with Crippen LogP contribution in [0.2, 0.25) is 5.02 Å².